The van der Waals surface area contributed by atoms with Gasteiger partial charge in [0.15, 0.2) is 11.6 Å². The predicted octanol–water partition coefficient (Wildman–Crippen LogP) is 3.52. The Bertz CT molecular complexity index is 1260. The highest BCUT2D eigenvalue weighted by Gasteiger charge is 2.32. The second-order valence-corrected chi connectivity index (χ2v) is 9.11. The summed E-state index contributed by atoms with van der Waals surface area (Å²) in [5, 5.41) is 6.21. The molecule has 0 saturated carbocycles. The van der Waals surface area contributed by atoms with E-state index in [0.29, 0.717) is 54.7 Å². The van der Waals surface area contributed by atoms with E-state index in [0.717, 1.165) is 17.8 Å². The summed E-state index contributed by atoms with van der Waals surface area (Å²) in [5.74, 6) is -0.0220. The molecule has 1 aromatic carbocycles. The third-order valence-corrected chi connectivity index (χ3v) is 6.76. The van der Waals surface area contributed by atoms with Gasteiger partial charge < -0.3 is 29.8 Å². The molecule has 4 heterocycles. The van der Waals surface area contributed by atoms with Gasteiger partial charge >= 0.3 is 0 Å². The van der Waals surface area contributed by atoms with Crippen molar-refractivity contribution in [2.24, 2.45) is 0 Å². The minimum absolute atomic E-state index is 0.0562. The Kier molecular flexibility index (Phi) is 6.80. The lowest BCUT2D eigenvalue weighted by atomic mass is 9.98. The van der Waals surface area contributed by atoms with Gasteiger partial charge in [-0.2, -0.15) is 0 Å². The van der Waals surface area contributed by atoms with Crippen molar-refractivity contribution in [3.8, 4) is 22.8 Å². The molecule has 190 valence electrons. The Hall–Kier alpha value is -3.63. The highest BCUT2D eigenvalue weighted by Crippen LogP contribution is 2.43. The maximum atomic E-state index is 14.5. The van der Waals surface area contributed by atoms with Crippen LogP contribution >= 0.6 is 0 Å². The summed E-state index contributed by atoms with van der Waals surface area (Å²) in [4.78, 5) is 23.0. The van der Waals surface area contributed by atoms with Crippen molar-refractivity contribution in [2.75, 3.05) is 52.4 Å². The van der Waals surface area contributed by atoms with Crippen LogP contribution in [0.4, 0.5) is 15.8 Å². The van der Waals surface area contributed by atoms with Crippen LogP contribution in [-0.4, -0.2) is 73.9 Å². The Morgan fingerprint density at radius 1 is 1.33 bits per heavy atom. The average Bonchev–Trinajstić information content (AvgIpc) is 3.26. The number of halogens is 1. The van der Waals surface area contributed by atoms with Crippen LogP contribution in [0.5, 0.6) is 11.5 Å². The largest absolute Gasteiger partial charge is 0.492 e. The Labute approximate surface area is 209 Å². The summed E-state index contributed by atoms with van der Waals surface area (Å²) >= 11 is 0. The van der Waals surface area contributed by atoms with E-state index >= 15 is 0 Å². The number of ether oxygens (including phenoxy) is 3. The monoisotopic (exact) mass is 495 g/mol. The van der Waals surface area contributed by atoms with Gasteiger partial charge in [0.1, 0.15) is 12.4 Å². The van der Waals surface area contributed by atoms with Crippen LogP contribution in [-0.2, 0) is 4.74 Å². The van der Waals surface area contributed by atoms with E-state index in [2.05, 4.69) is 25.5 Å². The molecule has 2 atom stereocenters. The summed E-state index contributed by atoms with van der Waals surface area (Å²) in [6.45, 7) is 5.11. The number of methoxy groups -OCH3 is 1. The standard InChI is InChI=1S/C26H30FN5O4/c1-15-11-29-26(33)21-22(15)31-23(24(21)30-19-6-4-5-18(27)25(19)34-3)17-7-8-28-12-20(17)36-14-16-13-35-10-9-32(16)2/h4-8,12,15-16,30-31H,9-11,13-14H2,1-3H3,(H,29,33). The van der Waals surface area contributed by atoms with Crippen LogP contribution < -0.4 is 20.1 Å². The van der Waals surface area contributed by atoms with Gasteiger partial charge in [0.25, 0.3) is 5.91 Å². The number of pyridine rings is 1. The minimum Gasteiger partial charge on any atom is -0.492 e. The first-order chi connectivity index (χ1) is 17.5. The van der Waals surface area contributed by atoms with E-state index in [1.165, 1.54) is 13.2 Å². The van der Waals surface area contributed by atoms with Crippen molar-refractivity contribution in [1.82, 2.24) is 20.2 Å². The number of para-hydroxylation sites is 1. The number of carbonyl (C=O) groups excluding carboxylic acids is 1. The fourth-order valence-electron chi connectivity index (χ4n) is 4.64. The first kappa shape index (κ1) is 24.1. The van der Waals surface area contributed by atoms with Crippen molar-refractivity contribution in [3.05, 3.63) is 53.7 Å². The van der Waals surface area contributed by atoms with Crippen LogP contribution in [0.25, 0.3) is 11.3 Å². The van der Waals surface area contributed by atoms with Gasteiger partial charge in [0, 0.05) is 36.5 Å². The highest BCUT2D eigenvalue weighted by molar-refractivity contribution is 6.07. The Balaban J connectivity index is 1.57. The van der Waals surface area contributed by atoms with Crippen molar-refractivity contribution < 1.29 is 23.4 Å². The van der Waals surface area contributed by atoms with E-state index in [4.69, 9.17) is 14.2 Å². The molecule has 2 aliphatic rings. The molecule has 1 amide bonds. The number of nitrogens with zero attached hydrogens (tertiary/aromatic N) is 2. The molecule has 3 aromatic rings. The van der Waals surface area contributed by atoms with Gasteiger partial charge in [0.05, 0.1) is 55.2 Å². The number of aromatic nitrogens is 2. The molecule has 0 bridgehead atoms. The second kappa shape index (κ2) is 10.2. The number of fused-ring (bicyclic) bond motifs is 1. The fraction of sp³-hybridized carbons (Fsp3) is 0.385. The molecular formula is C26H30FN5O4. The smallest absolute Gasteiger partial charge is 0.255 e. The second-order valence-electron chi connectivity index (χ2n) is 9.11. The molecule has 10 heteroatoms. The van der Waals surface area contributed by atoms with Crippen LogP contribution in [0.3, 0.4) is 0 Å². The third-order valence-electron chi connectivity index (χ3n) is 6.76. The first-order valence-corrected chi connectivity index (χ1v) is 12.0. The van der Waals surface area contributed by atoms with Gasteiger partial charge in [-0.05, 0) is 25.2 Å². The van der Waals surface area contributed by atoms with Gasteiger partial charge in [-0.3, -0.25) is 14.7 Å². The normalized spacial score (nSPS) is 19.9. The van der Waals surface area contributed by atoms with Gasteiger partial charge in [-0.15, -0.1) is 0 Å². The van der Waals surface area contributed by atoms with Crippen molar-refractivity contribution in [2.45, 2.75) is 18.9 Å². The van der Waals surface area contributed by atoms with E-state index in [1.54, 1.807) is 24.5 Å². The van der Waals surface area contributed by atoms with Gasteiger partial charge in [-0.25, -0.2) is 4.39 Å². The van der Waals surface area contributed by atoms with E-state index in [-0.39, 0.29) is 23.6 Å². The number of hydrogen-bond donors (Lipinski definition) is 3. The quantitative estimate of drug-likeness (QED) is 0.461. The molecule has 2 aromatic heterocycles. The maximum absolute atomic E-state index is 14.5. The number of anilines is 2. The molecule has 3 N–H and O–H groups in total. The molecule has 36 heavy (non-hydrogen) atoms. The lowest BCUT2D eigenvalue weighted by Gasteiger charge is -2.32. The summed E-state index contributed by atoms with van der Waals surface area (Å²) < 4.78 is 31.6. The SMILES string of the molecule is COc1c(F)cccc1Nc1c(-c2ccncc2OCC2COCCN2C)[nH]c2c1C(=O)NCC2C. The first-order valence-electron chi connectivity index (χ1n) is 12.0. The molecule has 0 aliphatic carbocycles. The number of rotatable bonds is 7. The molecule has 1 saturated heterocycles. The minimum atomic E-state index is -0.502. The summed E-state index contributed by atoms with van der Waals surface area (Å²) in [6.07, 6.45) is 3.34. The van der Waals surface area contributed by atoms with E-state index in [1.807, 2.05) is 20.0 Å². The van der Waals surface area contributed by atoms with Crippen LogP contribution in [0, 0.1) is 5.82 Å². The number of morpholine rings is 1. The lowest BCUT2D eigenvalue weighted by Crippen LogP contribution is -2.46. The zero-order valence-electron chi connectivity index (χ0n) is 20.6. The Morgan fingerprint density at radius 2 is 2.19 bits per heavy atom. The number of hydrogen-bond acceptors (Lipinski definition) is 7. The average molecular weight is 496 g/mol. The van der Waals surface area contributed by atoms with Crippen LogP contribution in [0.2, 0.25) is 0 Å². The van der Waals surface area contributed by atoms with E-state index in [9.17, 15) is 9.18 Å². The van der Waals surface area contributed by atoms with E-state index < -0.39 is 5.82 Å². The molecule has 9 nitrogen and oxygen atoms in total. The summed E-state index contributed by atoms with van der Waals surface area (Å²) in [7, 11) is 3.46. The number of H-pyrrole nitrogens is 1. The number of nitrogens with one attached hydrogen (secondary N) is 3. The number of carbonyl (C=O) groups is 1. The topological polar surface area (TPSA) is 101 Å². The predicted molar refractivity (Wildman–Crippen MR) is 134 cm³/mol. The van der Waals surface area contributed by atoms with Crippen molar-refractivity contribution >= 4 is 17.3 Å². The maximum Gasteiger partial charge on any atom is 0.255 e. The Morgan fingerprint density at radius 3 is 3.00 bits per heavy atom. The molecule has 0 radical (unpaired) electrons. The molecule has 5 rings (SSSR count). The number of amides is 1. The molecule has 0 spiro atoms. The number of aromatic amines is 1. The summed E-state index contributed by atoms with van der Waals surface area (Å²) in [6, 6.07) is 6.57. The molecular weight excluding hydrogens is 465 g/mol. The highest BCUT2D eigenvalue weighted by atomic mass is 19.1. The fourth-order valence-corrected chi connectivity index (χ4v) is 4.64. The van der Waals surface area contributed by atoms with Crippen LogP contribution in [0.1, 0.15) is 28.9 Å². The van der Waals surface area contributed by atoms with Gasteiger partial charge in [-0.1, -0.05) is 13.0 Å². The zero-order valence-corrected chi connectivity index (χ0v) is 20.6. The van der Waals surface area contributed by atoms with Crippen molar-refractivity contribution in [3.63, 3.8) is 0 Å². The zero-order chi connectivity index (χ0) is 25.2. The van der Waals surface area contributed by atoms with Crippen molar-refractivity contribution in [1.29, 1.82) is 0 Å². The van der Waals surface area contributed by atoms with Crippen LogP contribution in [0.15, 0.2) is 36.7 Å². The third kappa shape index (κ3) is 4.49. The van der Waals surface area contributed by atoms with Gasteiger partial charge in [0.2, 0.25) is 0 Å². The summed E-state index contributed by atoms with van der Waals surface area (Å²) in [5.41, 5.74) is 3.60. The molecule has 1 fully saturated rings. The lowest BCUT2D eigenvalue weighted by molar-refractivity contribution is -0.0107. The molecule has 2 unspecified atom stereocenters. The number of likely N-dealkylation sites (N-methyl/N-ethyl adjacent to an activating group) is 1. The molecule has 2 aliphatic heterocycles. The number of benzene rings is 1.